The zero-order valence-electron chi connectivity index (χ0n) is 14.6. The van der Waals surface area contributed by atoms with Gasteiger partial charge in [-0.2, -0.15) is 13.2 Å². The fraction of sp³-hybridized carbons (Fsp3) is 0.316. The van der Waals surface area contributed by atoms with Crippen LogP contribution in [0.1, 0.15) is 22.3 Å². The summed E-state index contributed by atoms with van der Waals surface area (Å²) in [7, 11) is 3.91. The predicted molar refractivity (Wildman–Crippen MR) is 94.5 cm³/mol. The van der Waals surface area contributed by atoms with E-state index >= 15 is 0 Å². The van der Waals surface area contributed by atoms with E-state index in [0.29, 0.717) is 12.4 Å². The molecule has 0 bridgehead atoms. The van der Waals surface area contributed by atoms with Gasteiger partial charge in [0.2, 0.25) is 0 Å². The van der Waals surface area contributed by atoms with Gasteiger partial charge in [-0.05, 0) is 50.8 Å². The van der Waals surface area contributed by atoms with Crippen LogP contribution < -0.4 is 10.1 Å². The van der Waals surface area contributed by atoms with Crippen molar-refractivity contribution in [2.24, 2.45) is 0 Å². The molecule has 0 aromatic heterocycles. The lowest BCUT2D eigenvalue weighted by molar-refractivity contribution is -0.137. The lowest BCUT2D eigenvalue weighted by atomic mass is 10.1. The van der Waals surface area contributed by atoms with Crippen LogP contribution in [-0.2, 0) is 6.18 Å². The number of hydrogen-bond donors (Lipinski definition) is 1. The van der Waals surface area contributed by atoms with Crippen molar-refractivity contribution in [1.29, 1.82) is 0 Å². The van der Waals surface area contributed by atoms with E-state index in [0.717, 1.165) is 25.1 Å². The van der Waals surface area contributed by atoms with Crippen molar-refractivity contribution in [3.8, 4) is 5.75 Å². The quantitative estimate of drug-likeness (QED) is 0.744. The molecule has 0 unspecified atom stereocenters. The van der Waals surface area contributed by atoms with Crippen LogP contribution >= 0.6 is 0 Å². The van der Waals surface area contributed by atoms with Crippen molar-refractivity contribution < 1.29 is 22.7 Å². The highest BCUT2D eigenvalue weighted by atomic mass is 19.4. The molecule has 1 amide bonds. The maximum atomic E-state index is 12.8. The van der Waals surface area contributed by atoms with E-state index in [2.05, 4.69) is 5.32 Å². The molecule has 0 spiro atoms. The largest absolute Gasteiger partial charge is 0.493 e. The number of halogens is 3. The first-order chi connectivity index (χ1) is 12.3. The van der Waals surface area contributed by atoms with Crippen LogP contribution in [0.3, 0.4) is 0 Å². The Morgan fingerprint density at radius 2 is 1.85 bits per heavy atom. The molecule has 0 fully saturated rings. The Labute approximate surface area is 150 Å². The molecule has 140 valence electrons. The molecule has 0 aliphatic rings. The Balaban J connectivity index is 2.08. The number of anilines is 1. The molecule has 0 saturated carbocycles. The molecule has 2 rings (SSSR count). The van der Waals surface area contributed by atoms with Gasteiger partial charge in [-0.15, -0.1) is 0 Å². The number of ether oxygens (including phenoxy) is 1. The van der Waals surface area contributed by atoms with Crippen LogP contribution in [0.4, 0.5) is 18.9 Å². The summed E-state index contributed by atoms with van der Waals surface area (Å²) in [5, 5.41) is 2.49. The van der Waals surface area contributed by atoms with E-state index in [9.17, 15) is 18.0 Å². The Bertz CT molecular complexity index is 746. The monoisotopic (exact) mass is 366 g/mol. The summed E-state index contributed by atoms with van der Waals surface area (Å²) in [6.45, 7) is 1.28. The van der Waals surface area contributed by atoms with E-state index in [-0.39, 0.29) is 11.3 Å². The second-order valence-corrected chi connectivity index (χ2v) is 6.03. The van der Waals surface area contributed by atoms with Gasteiger partial charge >= 0.3 is 6.18 Å². The number of hydrogen-bond acceptors (Lipinski definition) is 3. The van der Waals surface area contributed by atoms with Gasteiger partial charge in [-0.25, -0.2) is 0 Å². The first kappa shape index (κ1) is 19.8. The fourth-order valence-electron chi connectivity index (χ4n) is 2.31. The normalized spacial score (nSPS) is 11.5. The van der Waals surface area contributed by atoms with Gasteiger partial charge in [-0.3, -0.25) is 4.79 Å². The number of nitrogens with one attached hydrogen (secondary N) is 1. The highest BCUT2D eigenvalue weighted by molar-refractivity contribution is 6.06. The van der Waals surface area contributed by atoms with Gasteiger partial charge in [-0.1, -0.05) is 18.2 Å². The Morgan fingerprint density at radius 3 is 2.54 bits per heavy atom. The minimum Gasteiger partial charge on any atom is -0.493 e. The van der Waals surface area contributed by atoms with Gasteiger partial charge in [0.1, 0.15) is 5.75 Å². The number of benzene rings is 2. The number of carbonyl (C=O) groups excluding carboxylic acids is 1. The molecule has 2 aromatic carbocycles. The van der Waals surface area contributed by atoms with Crippen LogP contribution in [0.15, 0.2) is 48.5 Å². The molecule has 0 radical (unpaired) electrons. The van der Waals surface area contributed by atoms with E-state index in [1.807, 2.05) is 19.0 Å². The summed E-state index contributed by atoms with van der Waals surface area (Å²) in [6, 6.07) is 11.2. The Kier molecular flexibility index (Phi) is 6.63. The number of rotatable bonds is 7. The zero-order valence-corrected chi connectivity index (χ0v) is 14.6. The Hall–Kier alpha value is -2.54. The zero-order chi connectivity index (χ0) is 19.2. The van der Waals surface area contributed by atoms with Crippen molar-refractivity contribution in [2.45, 2.75) is 12.6 Å². The molecule has 0 aliphatic carbocycles. The number of nitrogens with zero attached hydrogens (tertiary/aromatic N) is 1. The van der Waals surface area contributed by atoms with E-state index in [1.54, 1.807) is 24.3 Å². The topological polar surface area (TPSA) is 41.6 Å². The number of para-hydroxylation sites is 1. The minimum absolute atomic E-state index is 0.0761. The number of carbonyl (C=O) groups is 1. The molecule has 4 nitrogen and oxygen atoms in total. The van der Waals surface area contributed by atoms with Crippen molar-refractivity contribution in [3.05, 3.63) is 59.7 Å². The lowest BCUT2D eigenvalue weighted by Gasteiger charge is -2.14. The molecular weight excluding hydrogens is 345 g/mol. The fourth-order valence-corrected chi connectivity index (χ4v) is 2.31. The van der Waals surface area contributed by atoms with Crippen LogP contribution in [0.5, 0.6) is 5.75 Å². The third-order valence-corrected chi connectivity index (χ3v) is 3.59. The van der Waals surface area contributed by atoms with Gasteiger partial charge in [0.05, 0.1) is 17.7 Å². The van der Waals surface area contributed by atoms with E-state index in [4.69, 9.17) is 4.74 Å². The third-order valence-electron chi connectivity index (χ3n) is 3.59. The van der Waals surface area contributed by atoms with Gasteiger partial charge in [0.15, 0.2) is 0 Å². The molecule has 1 N–H and O–H groups in total. The first-order valence-electron chi connectivity index (χ1n) is 8.12. The van der Waals surface area contributed by atoms with Crippen molar-refractivity contribution in [1.82, 2.24) is 4.90 Å². The SMILES string of the molecule is CN(C)CCCOc1ccccc1C(=O)Nc1cccc(C(F)(F)F)c1. The lowest BCUT2D eigenvalue weighted by Crippen LogP contribution is -2.17. The average molecular weight is 366 g/mol. The maximum absolute atomic E-state index is 12.8. The van der Waals surface area contributed by atoms with Crippen LogP contribution in [0.2, 0.25) is 0 Å². The molecular formula is C19H21F3N2O2. The minimum atomic E-state index is -4.46. The molecule has 2 aromatic rings. The second-order valence-electron chi connectivity index (χ2n) is 6.03. The molecule has 7 heteroatoms. The molecule has 0 saturated heterocycles. The van der Waals surface area contributed by atoms with E-state index in [1.165, 1.54) is 12.1 Å². The number of amides is 1. The van der Waals surface area contributed by atoms with Gasteiger partial charge in [0.25, 0.3) is 5.91 Å². The van der Waals surface area contributed by atoms with Crippen molar-refractivity contribution >= 4 is 11.6 Å². The van der Waals surface area contributed by atoms with Crippen LogP contribution in [-0.4, -0.2) is 38.1 Å². The summed E-state index contributed by atoms with van der Waals surface area (Å²) in [4.78, 5) is 14.5. The van der Waals surface area contributed by atoms with Gasteiger partial charge in [0, 0.05) is 12.2 Å². The smallest absolute Gasteiger partial charge is 0.416 e. The average Bonchev–Trinajstić information content (AvgIpc) is 2.58. The summed E-state index contributed by atoms with van der Waals surface area (Å²) in [6.07, 6.45) is -3.68. The van der Waals surface area contributed by atoms with E-state index < -0.39 is 17.6 Å². The standard InChI is InChI=1S/C19H21F3N2O2/c1-24(2)11-6-12-26-17-10-4-3-9-16(17)18(25)23-15-8-5-7-14(13-15)19(20,21)22/h3-5,7-10,13H,6,11-12H2,1-2H3,(H,23,25). The number of alkyl halides is 3. The third kappa shape index (κ3) is 5.77. The van der Waals surface area contributed by atoms with Crippen LogP contribution in [0, 0.1) is 0 Å². The summed E-state index contributed by atoms with van der Waals surface area (Å²) in [5.41, 5.74) is -0.467. The van der Waals surface area contributed by atoms with Crippen molar-refractivity contribution in [2.75, 3.05) is 32.6 Å². The van der Waals surface area contributed by atoms with Crippen molar-refractivity contribution in [3.63, 3.8) is 0 Å². The second kappa shape index (κ2) is 8.71. The maximum Gasteiger partial charge on any atom is 0.416 e. The first-order valence-corrected chi connectivity index (χ1v) is 8.12. The molecule has 26 heavy (non-hydrogen) atoms. The van der Waals surface area contributed by atoms with Crippen LogP contribution in [0.25, 0.3) is 0 Å². The molecule has 0 atom stereocenters. The summed E-state index contributed by atoms with van der Waals surface area (Å²) in [5.74, 6) is -0.122. The molecule has 0 heterocycles. The Morgan fingerprint density at radius 1 is 1.12 bits per heavy atom. The molecule has 0 aliphatic heterocycles. The summed E-state index contributed by atoms with van der Waals surface area (Å²) < 4.78 is 44.0. The highest BCUT2D eigenvalue weighted by Crippen LogP contribution is 2.31. The van der Waals surface area contributed by atoms with Gasteiger partial charge < -0.3 is 15.0 Å². The summed E-state index contributed by atoms with van der Waals surface area (Å²) >= 11 is 0. The predicted octanol–water partition coefficient (Wildman–Crippen LogP) is 4.29. The highest BCUT2D eigenvalue weighted by Gasteiger charge is 2.30.